The monoisotopic (exact) mass is 293 g/mol. The van der Waals surface area contributed by atoms with Gasteiger partial charge in [0.2, 0.25) is 5.91 Å². The van der Waals surface area contributed by atoms with Crippen LogP contribution in [0.25, 0.3) is 0 Å². The Hall–Kier alpha value is -0.710. The molecule has 0 aliphatic rings. The zero-order chi connectivity index (χ0) is 14.9. The first-order valence-corrected chi connectivity index (χ1v) is 7.97. The Kier molecular flexibility index (Phi) is 8.89. The van der Waals surface area contributed by atoms with E-state index in [4.69, 9.17) is 9.05 Å². The average molecular weight is 293 g/mol. The van der Waals surface area contributed by atoms with Gasteiger partial charge in [-0.1, -0.05) is 6.42 Å². The Morgan fingerprint density at radius 1 is 1.11 bits per heavy atom. The van der Waals surface area contributed by atoms with Crippen molar-refractivity contribution in [3.8, 4) is 0 Å². The summed E-state index contributed by atoms with van der Waals surface area (Å²) in [4.78, 5) is 22.3. The van der Waals surface area contributed by atoms with E-state index in [0.29, 0.717) is 19.3 Å². The van der Waals surface area contributed by atoms with E-state index in [0.717, 1.165) is 12.8 Å². The second-order valence-electron chi connectivity index (χ2n) is 4.41. The number of ketones is 1. The van der Waals surface area contributed by atoms with Gasteiger partial charge in [-0.05, 0) is 26.7 Å². The lowest BCUT2D eigenvalue weighted by Gasteiger charge is -2.21. The van der Waals surface area contributed by atoms with Gasteiger partial charge in [0.25, 0.3) is 0 Å². The van der Waals surface area contributed by atoms with Crippen LogP contribution in [0.3, 0.4) is 0 Å². The fourth-order valence-corrected chi connectivity index (χ4v) is 2.69. The SMILES string of the molecule is COP(=O)(OC)C(C)NC(=O)CCCCCC(C)=O. The van der Waals surface area contributed by atoms with E-state index in [1.807, 2.05) is 0 Å². The van der Waals surface area contributed by atoms with Crippen LogP contribution in [0.2, 0.25) is 0 Å². The van der Waals surface area contributed by atoms with E-state index >= 15 is 0 Å². The van der Waals surface area contributed by atoms with Crippen LogP contribution in [0.15, 0.2) is 0 Å². The van der Waals surface area contributed by atoms with Crippen LogP contribution in [0, 0.1) is 0 Å². The molecule has 1 amide bonds. The Labute approximate surface area is 114 Å². The highest BCUT2D eigenvalue weighted by molar-refractivity contribution is 7.54. The predicted octanol–water partition coefficient (Wildman–Crippen LogP) is 2.47. The van der Waals surface area contributed by atoms with Crippen LogP contribution < -0.4 is 5.32 Å². The Balaban J connectivity index is 3.92. The molecule has 0 fully saturated rings. The summed E-state index contributed by atoms with van der Waals surface area (Å²) in [6, 6.07) is 0. The maximum atomic E-state index is 11.9. The molecule has 112 valence electrons. The van der Waals surface area contributed by atoms with Crippen molar-refractivity contribution in [3.05, 3.63) is 0 Å². The van der Waals surface area contributed by atoms with Crippen LogP contribution in [0.4, 0.5) is 0 Å². The van der Waals surface area contributed by atoms with Gasteiger partial charge in [-0.2, -0.15) is 0 Å². The predicted molar refractivity (Wildman–Crippen MR) is 73.0 cm³/mol. The van der Waals surface area contributed by atoms with Crippen molar-refractivity contribution < 1.29 is 23.2 Å². The van der Waals surface area contributed by atoms with Gasteiger partial charge in [0.15, 0.2) is 0 Å². The number of rotatable bonds is 10. The van der Waals surface area contributed by atoms with E-state index in [-0.39, 0.29) is 11.7 Å². The molecule has 0 saturated heterocycles. The molecular weight excluding hydrogens is 269 g/mol. The summed E-state index contributed by atoms with van der Waals surface area (Å²) in [5, 5.41) is 2.60. The molecule has 1 atom stereocenters. The van der Waals surface area contributed by atoms with Gasteiger partial charge in [0.05, 0.1) is 0 Å². The molecule has 1 N–H and O–H groups in total. The van der Waals surface area contributed by atoms with Crippen LogP contribution in [-0.4, -0.2) is 31.7 Å². The molecule has 0 heterocycles. The molecule has 0 spiro atoms. The summed E-state index contributed by atoms with van der Waals surface area (Å²) in [5.74, 6) is -0.698. The first-order chi connectivity index (χ1) is 8.85. The van der Waals surface area contributed by atoms with Gasteiger partial charge < -0.3 is 19.2 Å². The standard InChI is InChI=1S/C12H24NO5P/c1-10(14)8-6-5-7-9-12(15)13-11(2)19(16,17-3)18-4/h11H,5-9H2,1-4H3,(H,13,15). The maximum absolute atomic E-state index is 11.9. The zero-order valence-corrected chi connectivity index (χ0v) is 13.0. The Morgan fingerprint density at radius 3 is 2.11 bits per heavy atom. The van der Waals surface area contributed by atoms with Crippen molar-refractivity contribution in [1.29, 1.82) is 0 Å². The quantitative estimate of drug-likeness (QED) is 0.494. The molecule has 6 nitrogen and oxygen atoms in total. The fourth-order valence-electron chi connectivity index (χ4n) is 1.61. The molecule has 0 aliphatic heterocycles. The summed E-state index contributed by atoms with van der Waals surface area (Å²) in [5.41, 5.74) is 0. The molecule has 1 unspecified atom stereocenters. The molecular formula is C12H24NO5P. The molecule has 0 aliphatic carbocycles. The first kappa shape index (κ1) is 18.3. The van der Waals surface area contributed by atoms with Crippen molar-refractivity contribution in [3.63, 3.8) is 0 Å². The van der Waals surface area contributed by atoms with Gasteiger partial charge >= 0.3 is 7.60 Å². The van der Waals surface area contributed by atoms with Gasteiger partial charge in [-0.25, -0.2) is 0 Å². The normalized spacial score (nSPS) is 13.1. The zero-order valence-electron chi connectivity index (χ0n) is 12.1. The number of hydrogen-bond acceptors (Lipinski definition) is 5. The molecule has 19 heavy (non-hydrogen) atoms. The lowest BCUT2D eigenvalue weighted by Crippen LogP contribution is -2.33. The molecule has 0 aromatic carbocycles. The van der Waals surface area contributed by atoms with E-state index in [2.05, 4.69) is 5.32 Å². The summed E-state index contributed by atoms with van der Waals surface area (Å²) in [6.07, 6.45) is 3.23. The van der Waals surface area contributed by atoms with Crippen LogP contribution in [0.1, 0.15) is 46.0 Å². The molecule has 0 radical (unpaired) electrons. The largest absolute Gasteiger partial charge is 0.351 e. The Morgan fingerprint density at radius 2 is 1.63 bits per heavy atom. The lowest BCUT2D eigenvalue weighted by molar-refractivity contribution is -0.121. The van der Waals surface area contributed by atoms with E-state index in [1.165, 1.54) is 14.2 Å². The van der Waals surface area contributed by atoms with E-state index < -0.39 is 13.4 Å². The first-order valence-electron chi connectivity index (χ1n) is 6.35. The fraction of sp³-hybridized carbons (Fsp3) is 0.833. The van der Waals surface area contributed by atoms with Crippen molar-refractivity contribution >= 4 is 19.3 Å². The number of carbonyl (C=O) groups is 2. The smallest absolute Gasteiger partial charge is 0.342 e. The number of carbonyl (C=O) groups excluding carboxylic acids is 2. The topological polar surface area (TPSA) is 81.7 Å². The third-order valence-electron chi connectivity index (χ3n) is 2.79. The number of nitrogens with one attached hydrogen (secondary N) is 1. The Bertz CT molecular complexity index is 337. The van der Waals surface area contributed by atoms with E-state index in [9.17, 15) is 14.2 Å². The third kappa shape index (κ3) is 7.45. The number of hydrogen-bond donors (Lipinski definition) is 1. The van der Waals surface area contributed by atoms with Gasteiger partial charge in [-0.15, -0.1) is 0 Å². The molecule has 0 aromatic rings. The summed E-state index contributed by atoms with van der Waals surface area (Å²) < 4.78 is 21.5. The average Bonchev–Trinajstić information content (AvgIpc) is 2.36. The minimum Gasteiger partial charge on any atom is -0.342 e. The minimum atomic E-state index is -3.26. The van der Waals surface area contributed by atoms with Crippen molar-refractivity contribution in [1.82, 2.24) is 5.32 Å². The molecule has 7 heteroatoms. The minimum absolute atomic E-state index is 0.166. The maximum Gasteiger partial charge on any atom is 0.351 e. The van der Waals surface area contributed by atoms with Crippen molar-refractivity contribution in [2.75, 3.05) is 14.2 Å². The summed E-state index contributed by atoms with van der Waals surface area (Å²) in [6.45, 7) is 3.14. The van der Waals surface area contributed by atoms with Crippen LogP contribution in [-0.2, 0) is 23.2 Å². The molecule has 0 saturated carbocycles. The summed E-state index contributed by atoms with van der Waals surface area (Å²) in [7, 11) is -0.688. The van der Waals surface area contributed by atoms with Gasteiger partial charge in [0, 0.05) is 27.1 Å². The van der Waals surface area contributed by atoms with Crippen molar-refractivity contribution in [2.24, 2.45) is 0 Å². The van der Waals surface area contributed by atoms with Gasteiger partial charge in [0.1, 0.15) is 11.6 Å². The summed E-state index contributed by atoms with van der Waals surface area (Å²) >= 11 is 0. The van der Waals surface area contributed by atoms with E-state index in [1.54, 1.807) is 13.8 Å². The number of unbranched alkanes of at least 4 members (excludes halogenated alkanes) is 2. The molecule has 0 rings (SSSR count). The van der Waals surface area contributed by atoms with Crippen molar-refractivity contribution in [2.45, 2.75) is 51.7 Å². The van der Waals surface area contributed by atoms with Gasteiger partial charge in [-0.3, -0.25) is 9.36 Å². The molecule has 0 bridgehead atoms. The number of Topliss-reactive ketones (excluding diaryl/α,β-unsaturated/α-hetero) is 1. The lowest BCUT2D eigenvalue weighted by atomic mass is 10.1. The third-order valence-corrected chi connectivity index (χ3v) is 4.88. The molecule has 0 aromatic heterocycles. The highest BCUT2D eigenvalue weighted by atomic mass is 31.2. The second kappa shape index (κ2) is 9.23. The highest BCUT2D eigenvalue weighted by Gasteiger charge is 2.31. The van der Waals surface area contributed by atoms with Crippen LogP contribution >= 0.6 is 7.60 Å². The number of amides is 1. The van der Waals surface area contributed by atoms with Crippen LogP contribution in [0.5, 0.6) is 0 Å². The second-order valence-corrected chi connectivity index (χ2v) is 7.00. The highest BCUT2D eigenvalue weighted by Crippen LogP contribution is 2.50.